The van der Waals surface area contributed by atoms with Gasteiger partial charge in [-0.2, -0.15) is 0 Å². The number of hydrogen-bond acceptors (Lipinski definition) is 1. The summed E-state index contributed by atoms with van der Waals surface area (Å²) in [5.74, 6) is -0.920. The van der Waals surface area contributed by atoms with Crippen molar-refractivity contribution in [3.63, 3.8) is 0 Å². The van der Waals surface area contributed by atoms with Crippen LogP contribution in [0.1, 0.15) is 40.5 Å². The Morgan fingerprint density at radius 3 is 2.19 bits per heavy atom. The SMILES string of the molecule is CC(C)=CCCC=CC=CC(C)=CC=CC(C)=CC(=O)O. The molecule has 0 saturated heterocycles. The van der Waals surface area contributed by atoms with E-state index < -0.39 is 5.97 Å². The third-order valence-electron chi connectivity index (χ3n) is 2.56. The van der Waals surface area contributed by atoms with Gasteiger partial charge in [-0.1, -0.05) is 59.8 Å². The Hall–Kier alpha value is -2.09. The van der Waals surface area contributed by atoms with Gasteiger partial charge in [-0.3, -0.25) is 0 Å². The van der Waals surface area contributed by atoms with Crippen molar-refractivity contribution in [3.8, 4) is 0 Å². The highest BCUT2D eigenvalue weighted by molar-refractivity contribution is 5.81. The molecule has 1 N–H and O–H groups in total. The van der Waals surface area contributed by atoms with Gasteiger partial charge in [-0.25, -0.2) is 4.79 Å². The zero-order valence-electron chi connectivity index (χ0n) is 13.5. The van der Waals surface area contributed by atoms with E-state index in [-0.39, 0.29) is 0 Å². The van der Waals surface area contributed by atoms with E-state index in [1.54, 1.807) is 13.0 Å². The number of rotatable bonds is 8. The first-order valence-corrected chi connectivity index (χ1v) is 7.14. The van der Waals surface area contributed by atoms with Gasteiger partial charge in [0.1, 0.15) is 0 Å². The average Bonchev–Trinajstić information content (AvgIpc) is 2.36. The van der Waals surface area contributed by atoms with Crippen LogP contribution >= 0.6 is 0 Å². The summed E-state index contributed by atoms with van der Waals surface area (Å²) in [5.41, 5.74) is 3.19. The van der Waals surface area contributed by atoms with E-state index in [4.69, 9.17) is 5.11 Å². The minimum Gasteiger partial charge on any atom is -0.478 e. The minimum atomic E-state index is -0.920. The van der Waals surface area contributed by atoms with E-state index in [1.807, 2.05) is 31.2 Å². The largest absolute Gasteiger partial charge is 0.478 e. The van der Waals surface area contributed by atoms with Gasteiger partial charge in [-0.05, 0) is 46.1 Å². The number of aliphatic carboxylic acids is 1. The molecule has 0 aliphatic rings. The van der Waals surface area contributed by atoms with Crippen LogP contribution < -0.4 is 0 Å². The molecule has 0 aliphatic carbocycles. The maximum absolute atomic E-state index is 10.4. The third kappa shape index (κ3) is 14.1. The molecule has 2 nitrogen and oxygen atoms in total. The smallest absolute Gasteiger partial charge is 0.328 e. The predicted octanol–water partition coefficient (Wildman–Crippen LogP) is 5.38. The zero-order valence-corrected chi connectivity index (χ0v) is 13.5. The normalized spacial score (nSPS) is 13.5. The van der Waals surface area contributed by atoms with Gasteiger partial charge in [0.05, 0.1) is 0 Å². The summed E-state index contributed by atoms with van der Waals surface area (Å²) in [7, 11) is 0. The summed E-state index contributed by atoms with van der Waals surface area (Å²) in [5, 5.41) is 8.58. The highest BCUT2D eigenvalue weighted by Crippen LogP contribution is 2.01. The molecule has 2 heteroatoms. The lowest BCUT2D eigenvalue weighted by atomic mass is 10.2. The van der Waals surface area contributed by atoms with E-state index >= 15 is 0 Å². The van der Waals surface area contributed by atoms with E-state index in [2.05, 4.69) is 32.1 Å². The molecule has 0 radical (unpaired) electrons. The van der Waals surface area contributed by atoms with Gasteiger partial charge in [0.15, 0.2) is 0 Å². The Balaban J connectivity index is 4.20. The van der Waals surface area contributed by atoms with Crippen molar-refractivity contribution in [3.05, 3.63) is 71.4 Å². The molecule has 0 saturated carbocycles. The lowest BCUT2D eigenvalue weighted by Gasteiger charge is -1.90. The lowest BCUT2D eigenvalue weighted by molar-refractivity contribution is -0.131. The van der Waals surface area contributed by atoms with Gasteiger partial charge < -0.3 is 5.11 Å². The summed E-state index contributed by atoms with van der Waals surface area (Å²) in [4.78, 5) is 10.4. The fourth-order valence-electron chi connectivity index (χ4n) is 1.50. The summed E-state index contributed by atoms with van der Waals surface area (Å²) in [6.45, 7) is 7.99. The monoisotopic (exact) mass is 286 g/mol. The molecule has 0 aliphatic heterocycles. The highest BCUT2D eigenvalue weighted by Gasteiger charge is 1.88. The van der Waals surface area contributed by atoms with Gasteiger partial charge in [0.2, 0.25) is 0 Å². The number of allylic oxidation sites excluding steroid dienone is 11. The van der Waals surface area contributed by atoms with E-state index in [9.17, 15) is 4.79 Å². The summed E-state index contributed by atoms with van der Waals surface area (Å²) in [6, 6.07) is 0. The Kier molecular flexibility index (Phi) is 10.5. The molecular formula is C19H26O2. The van der Waals surface area contributed by atoms with E-state index in [1.165, 1.54) is 11.6 Å². The van der Waals surface area contributed by atoms with Crippen molar-refractivity contribution in [2.45, 2.75) is 40.5 Å². The molecular weight excluding hydrogens is 260 g/mol. The molecule has 0 rings (SSSR count). The Bertz CT molecular complexity index is 494. The van der Waals surface area contributed by atoms with Crippen LogP contribution in [0.2, 0.25) is 0 Å². The molecule has 0 unspecified atom stereocenters. The molecule has 114 valence electrons. The first-order valence-electron chi connectivity index (χ1n) is 7.14. The molecule has 0 heterocycles. The van der Waals surface area contributed by atoms with Crippen LogP contribution in [-0.2, 0) is 4.79 Å². The average molecular weight is 286 g/mol. The second-order valence-electron chi connectivity index (χ2n) is 5.14. The van der Waals surface area contributed by atoms with E-state index in [0.717, 1.165) is 24.0 Å². The van der Waals surface area contributed by atoms with Gasteiger partial charge in [0.25, 0.3) is 0 Å². The maximum atomic E-state index is 10.4. The molecule has 0 fully saturated rings. The van der Waals surface area contributed by atoms with Crippen LogP contribution in [0.5, 0.6) is 0 Å². The number of hydrogen-bond donors (Lipinski definition) is 1. The molecule has 0 atom stereocenters. The number of unbranched alkanes of at least 4 members (excludes halogenated alkanes) is 1. The second kappa shape index (κ2) is 11.7. The molecule has 21 heavy (non-hydrogen) atoms. The third-order valence-corrected chi connectivity index (χ3v) is 2.56. The Labute approximate surface area is 128 Å². The number of carboxylic acid groups (broad SMARTS) is 1. The van der Waals surface area contributed by atoms with Crippen molar-refractivity contribution in [1.82, 2.24) is 0 Å². The van der Waals surface area contributed by atoms with Crippen molar-refractivity contribution >= 4 is 5.97 Å². The summed E-state index contributed by atoms with van der Waals surface area (Å²) >= 11 is 0. The molecule has 0 aromatic heterocycles. The quantitative estimate of drug-likeness (QED) is 0.281. The standard InChI is InChI=1S/C19H26O2/c1-16(2)11-8-6-5-7-9-12-17(3)13-10-14-18(4)15-19(20)21/h5,7,9-15H,6,8H2,1-4H3,(H,20,21). The van der Waals surface area contributed by atoms with Crippen molar-refractivity contribution in [2.24, 2.45) is 0 Å². The predicted molar refractivity (Wildman–Crippen MR) is 91.2 cm³/mol. The van der Waals surface area contributed by atoms with Gasteiger partial charge in [0, 0.05) is 6.08 Å². The lowest BCUT2D eigenvalue weighted by Crippen LogP contribution is -1.87. The van der Waals surface area contributed by atoms with Gasteiger partial charge >= 0.3 is 5.97 Å². The number of carbonyl (C=O) groups is 1. The number of carboxylic acids is 1. The Morgan fingerprint density at radius 1 is 0.905 bits per heavy atom. The maximum Gasteiger partial charge on any atom is 0.328 e. The second-order valence-corrected chi connectivity index (χ2v) is 5.14. The van der Waals surface area contributed by atoms with Gasteiger partial charge in [-0.15, -0.1) is 0 Å². The van der Waals surface area contributed by atoms with Crippen LogP contribution in [0, 0.1) is 0 Å². The van der Waals surface area contributed by atoms with Crippen LogP contribution in [0.25, 0.3) is 0 Å². The molecule has 0 aromatic carbocycles. The first-order chi connectivity index (χ1) is 9.91. The highest BCUT2D eigenvalue weighted by atomic mass is 16.4. The Morgan fingerprint density at radius 2 is 1.57 bits per heavy atom. The van der Waals surface area contributed by atoms with Crippen molar-refractivity contribution in [1.29, 1.82) is 0 Å². The van der Waals surface area contributed by atoms with Crippen LogP contribution in [0.15, 0.2) is 71.4 Å². The zero-order chi connectivity index (χ0) is 16.1. The minimum absolute atomic E-state index is 0.717. The molecule has 0 aromatic rings. The fourth-order valence-corrected chi connectivity index (χ4v) is 1.50. The molecule has 0 spiro atoms. The van der Waals surface area contributed by atoms with Crippen LogP contribution in [-0.4, -0.2) is 11.1 Å². The van der Waals surface area contributed by atoms with Crippen molar-refractivity contribution < 1.29 is 9.90 Å². The van der Waals surface area contributed by atoms with Crippen LogP contribution in [0.3, 0.4) is 0 Å². The van der Waals surface area contributed by atoms with Crippen molar-refractivity contribution in [2.75, 3.05) is 0 Å². The summed E-state index contributed by atoms with van der Waals surface area (Å²) < 4.78 is 0. The van der Waals surface area contributed by atoms with Crippen LogP contribution in [0.4, 0.5) is 0 Å². The fraction of sp³-hybridized carbons (Fsp3) is 0.316. The van der Waals surface area contributed by atoms with E-state index in [0.29, 0.717) is 0 Å². The topological polar surface area (TPSA) is 37.3 Å². The summed E-state index contributed by atoms with van der Waals surface area (Å²) in [6.07, 6.45) is 19.4. The molecule has 0 bridgehead atoms. The first kappa shape index (κ1) is 18.9. The molecule has 0 amide bonds.